The van der Waals surface area contributed by atoms with E-state index in [1.807, 2.05) is 44.2 Å². The van der Waals surface area contributed by atoms with Crippen molar-refractivity contribution >= 4 is 28.4 Å². The van der Waals surface area contributed by atoms with Crippen LogP contribution in [0.4, 0.5) is 0 Å². The summed E-state index contributed by atoms with van der Waals surface area (Å²) in [6, 6.07) is 17.1. The molecule has 2 aromatic carbocycles. The van der Waals surface area contributed by atoms with Crippen LogP contribution in [0.3, 0.4) is 0 Å². The van der Waals surface area contributed by atoms with Gasteiger partial charge in [0.25, 0.3) is 0 Å². The van der Waals surface area contributed by atoms with Gasteiger partial charge in [-0.2, -0.15) is 5.26 Å². The number of aromatic nitrogens is 1. The Labute approximate surface area is 188 Å². The Bertz CT molecular complexity index is 1150. The van der Waals surface area contributed by atoms with Gasteiger partial charge in [0.2, 0.25) is 0 Å². The van der Waals surface area contributed by atoms with E-state index in [1.54, 1.807) is 18.2 Å². The molecular formula is C24H19IN2O3. The molecule has 0 saturated heterocycles. The number of ether oxygens (including phenoxy) is 2. The predicted octanol–water partition coefficient (Wildman–Crippen LogP) is 5.31. The molecule has 6 heteroatoms. The highest BCUT2D eigenvalue weighted by molar-refractivity contribution is 14.1. The first-order valence-corrected chi connectivity index (χ1v) is 10.6. The van der Waals surface area contributed by atoms with Crippen molar-refractivity contribution in [2.45, 2.75) is 26.4 Å². The molecule has 1 aliphatic heterocycles. The number of rotatable bonds is 4. The van der Waals surface area contributed by atoms with E-state index in [2.05, 4.69) is 33.6 Å². The molecule has 3 aromatic rings. The van der Waals surface area contributed by atoms with Gasteiger partial charge < -0.3 is 9.47 Å². The smallest absolute Gasteiger partial charge is 0.170 e. The van der Waals surface area contributed by atoms with Gasteiger partial charge in [-0.1, -0.05) is 12.1 Å². The fraction of sp³-hybridized carbons (Fsp3) is 0.208. The van der Waals surface area contributed by atoms with Gasteiger partial charge in [0, 0.05) is 23.4 Å². The third-order valence-corrected chi connectivity index (χ3v) is 5.95. The van der Waals surface area contributed by atoms with E-state index in [-0.39, 0.29) is 5.78 Å². The van der Waals surface area contributed by atoms with E-state index in [4.69, 9.17) is 14.7 Å². The maximum absolute atomic E-state index is 12.2. The van der Waals surface area contributed by atoms with Crippen LogP contribution in [0.1, 0.15) is 51.0 Å². The third kappa shape index (κ3) is 4.03. The Balaban J connectivity index is 1.78. The summed E-state index contributed by atoms with van der Waals surface area (Å²) < 4.78 is 13.0. The number of fused-ring (bicyclic) bond motifs is 1. The normalized spacial score (nSPS) is 13.7. The Morgan fingerprint density at radius 3 is 2.47 bits per heavy atom. The molecule has 0 amide bonds. The SMILES string of the molecule is Cc1cc(C(Oc2ccc3c(c2I)OCCC3=O)c2ccc(C#N)cc2)cc(C)n1. The number of carbonyl (C=O) groups excluding carboxylic acids is 1. The molecular weight excluding hydrogens is 491 g/mol. The van der Waals surface area contributed by atoms with Crippen LogP contribution >= 0.6 is 22.6 Å². The molecule has 150 valence electrons. The van der Waals surface area contributed by atoms with Gasteiger partial charge in [-0.15, -0.1) is 0 Å². The quantitative estimate of drug-likeness (QED) is 0.445. The minimum atomic E-state index is -0.399. The zero-order valence-electron chi connectivity index (χ0n) is 16.6. The van der Waals surface area contributed by atoms with Gasteiger partial charge in [-0.05, 0) is 78.4 Å². The van der Waals surface area contributed by atoms with Crippen LogP contribution in [-0.4, -0.2) is 17.4 Å². The van der Waals surface area contributed by atoms with E-state index in [9.17, 15) is 4.79 Å². The summed E-state index contributed by atoms with van der Waals surface area (Å²) in [4.78, 5) is 16.7. The molecule has 4 rings (SSSR count). The van der Waals surface area contributed by atoms with Crippen molar-refractivity contribution in [2.24, 2.45) is 0 Å². The molecule has 0 aliphatic carbocycles. The molecule has 1 unspecified atom stereocenters. The average molecular weight is 510 g/mol. The number of halogens is 1. The molecule has 0 fully saturated rings. The van der Waals surface area contributed by atoms with Crippen molar-refractivity contribution in [1.82, 2.24) is 4.98 Å². The number of Topliss-reactive ketones (excluding diaryl/α,β-unsaturated/α-hetero) is 1. The summed E-state index contributed by atoms with van der Waals surface area (Å²) in [6.45, 7) is 4.29. The Morgan fingerprint density at radius 1 is 1.10 bits per heavy atom. The summed E-state index contributed by atoms with van der Waals surface area (Å²) in [7, 11) is 0. The Morgan fingerprint density at radius 2 is 1.80 bits per heavy atom. The standard InChI is InChI=1S/C24H19IN2O3/c1-14-11-18(12-15(2)27-14)23(17-5-3-16(13-26)4-6-17)30-21-8-7-19-20(28)9-10-29-24(19)22(21)25/h3-8,11-12,23H,9-10H2,1-2H3. The van der Waals surface area contributed by atoms with E-state index >= 15 is 0 Å². The maximum Gasteiger partial charge on any atom is 0.170 e. The number of hydrogen-bond acceptors (Lipinski definition) is 5. The number of nitriles is 1. The van der Waals surface area contributed by atoms with Crippen molar-refractivity contribution in [3.8, 4) is 17.6 Å². The minimum absolute atomic E-state index is 0.0877. The number of aryl methyl sites for hydroxylation is 2. The van der Waals surface area contributed by atoms with Crippen LogP contribution in [0.15, 0.2) is 48.5 Å². The van der Waals surface area contributed by atoms with Gasteiger partial charge in [-0.3, -0.25) is 9.78 Å². The average Bonchev–Trinajstić information content (AvgIpc) is 2.73. The monoisotopic (exact) mass is 510 g/mol. The molecule has 30 heavy (non-hydrogen) atoms. The molecule has 5 nitrogen and oxygen atoms in total. The molecule has 0 saturated carbocycles. The molecule has 2 heterocycles. The molecule has 1 atom stereocenters. The summed E-state index contributed by atoms with van der Waals surface area (Å²) in [5.41, 5.74) is 4.89. The molecule has 0 N–H and O–H groups in total. The van der Waals surface area contributed by atoms with Crippen molar-refractivity contribution < 1.29 is 14.3 Å². The molecule has 1 aromatic heterocycles. The van der Waals surface area contributed by atoms with Gasteiger partial charge in [0.15, 0.2) is 5.78 Å². The summed E-state index contributed by atoms with van der Waals surface area (Å²) in [6.07, 6.45) is -0.00352. The lowest BCUT2D eigenvalue weighted by Crippen LogP contribution is -2.17. The van der Waals surface area contributed by atoms with Crippen LogP contribution in [0.25, 0.3) is 0 Å². The number of pyridine rings is 1. The van der Waals surface area contributed by atoms with E-state index in [0.717, 1.165) is 26.1 Å². The molecule has 0 bridgehead atoms. The molecule has 0 radical (unpaired) electrons. The molecule has 1 aliphatic rings. The lowest BCUT2D eigenvalue weighted by Gasteiger charge is -2.24. The van der Waals surface area contributed by atoms with Gasteiger partial charge in [-0.25, -0.2) is 0 Å². The lowest BCUT2D eigenvalue weighted by molar-refractivity contribution is 0.0932. The van der Waals surface area contributed by atoms with Gasteiger partial charge >= 0.3 is 0 Å². The van der Waals surface area contributed by atoms with Gasteiger partial charge in [0.05, 0.1) is 27.4 Å². The van der Waals surface area contributed by atoms with Gasteiger partial charge in [0.1, 0.15) is 17.6 Å². The zero-order valence-corrected chi connectivity index (χ0v) is 18.8. The van der Waals surface area contributed by atoms with Crippen molar-refractivity contribution in [2.75, 3.05) is 6.61 Å². The largest absolute Gasteiger partial charge is 0.491 e. The van der Waals surface area contributed by atoms with Crippen molar-refractivity contribution in [1.29, 1.82) is 5.26 Å². The Kier molecular flexibility index (Phi) is 5.73. The number of nitrogens with zero attached hydrogens (tertiary/aromatic N) is 2. The van der Waals surface area contributed by atoms with Crippen LogP contribution in [0.5, 0.6) is 11.5 Å². The highest BCUT2D eigenvalue weighted by Crippen LogP contribution is 2.39. The van der Waals surface area contributed by atoms with E-state index in [0.29, 0.717) is 35.7 Å². The highest BCUT2D eigenvalue weighted by atomic mass is 127. The van der Waals surface area contributed by atoms with E-state index < -0.39 is 6.10 Å². The second-order valence-electron chi connectivity index (χ2n) is 7.19. The first-order valence-electron chi connectivity index (χ1n) is 9.56. The van der Waals surface area contributed by atoms with Crippen molar-refractivity contribution in [3.63, 3.8) is 0 Å². The number of ketones is 1. The maximum atomic E-state index is 12.2. The third-order valence-electron chi connectivity index (χ3n) is 4.93. The highest BCUT2D eigenvalue weighted by Gasteiger charge is 2.25. The molecule has 0 spiro atoms. The van der Waals surface area contributed by atoms with Crippen LogP contribution < -0.4 is 9.47 Å². The predicted molar refractivity (Wildman–Crippen MR) is 121 cm³/mol. The fourth-order valence-electron chi connectivity index (χ4n) is 3.58. The first-order chi connectivity index (χ1) is 14.5. The minimum Gasteiger partial charge on any atom is -0.491 e. The first kappa shape index (κ1) is 20.4. The topological polar surface area (TPSA) is 72.2 Å². The zero-order chi connectivity index (χ0) is 21.3. The number of carbonyl (C=O) groups is 1. The van der Waals surface area contributed by atoms with E-state index in [1.165, 1.54) is 0 Å². The summed E-state index contributed by atoms with van der Waals surface area (Å²) in [5.74, 6) is 1.32. The Hall–Kier alpha value is -2.92. The fourth-order valence-corrected chi connectivity index (χ4v) is 4.33. The number of hydrogen-bond donors (Lipinski definition) is 0. The summed E-state index contributed by atoms with van der Waals surface area (Å²) >= 11 is 2.17. The van der Waals surface area contributed by atoms with Crippen LogP contribution in [0, 0.1) is 28.7 Å². The lowest BCUT2D eigenvalue weighted by atomic mass is 9.99. The number of benzene rings is 2. The van der Waals surface area contributed by atoms with Crippen LogP contribution in [-0.2, 0) is 0 Å². The van der Waals surface area contributed by atoms with Crippen molar-refractivity contribution in [3.05, 3.63) is 85.7 Å². The second kappa shape index (κ2) is 8.44. The second-order valence-corrected chi connectivity index (χ2v) is 8.27. The van der Waals surface area contributed by atoms with Crippen LogP contribution in [0.2, 0.25) is 0 Å². The summed E-state index contributed by atoms with van der Waals surface area (Å²) in [5, 5.41) is 9.13.